The largest absolute Gasteiger partial charge is 0.394 e. The maximum Gasteiger partial charge on any atom is 0.0698 e. The molecule has 3 nitrogen and oxygen atoms in total. The van der Waals surface area contributed by atoms with Crippen LogP contribution in [0, 0.1) is 5.92 Å². The monoisotopic (exact) mass is 201 g/mol. The Kier molecular flexibility index (Phi) is 6.15. The second-order valence-corrected chi connectivity index (χ2v) is 4.22. The highest BCUT2D eigenvalue weighted by molar-refractivity contribution is 4.74. The SMILES string of the molecule is CC(CC1CCC1)NCCOCCO. The summed E-state index contributed by atoms with van der Waals surface area (Å²) in [5.41, 5.74) is 0. The van der Waals surface area contributed by atoms with E-state index in [0.29, 0.717) is 19.3 Å². The first-order valence-corrected chi connectivity index (χ1v) is 5.75. The van der Waals surface area contributed by atoms with Crippen LogP contribution in [0.3, 0.4) is 0 Å². The third-order valence-corrected chi connectivity index (χ3v) is 2.89. The average Bonchev–Trinajstić information content (AvgIpc) is 2.11. The van der Waals surface area contributed by atoms with E-state index in [1.165, 1.54) is 25.7 Å². The van der Waals surface area contributed by atoms with E-state index >= 15 is 0 Å². The number of aliphatic hydroxyl groups excluding tert-OH is 1. The fraction of sp³-hybridized carbons (Fsp3) is 1.00. The summed E-state index contributed by atoms with van der Waals surface area (Å²) in [6.45, 7) is 4.42. The van der Waals surface area contributed by atoms with Crippen molar-refractivity contribution in [3.8, 4) is 0 Å². The van der Waals surface area contributed by atoms with Gasteiger partial charge in [-0.3, -0.25) is 0 Å². The van der Waals surface area contributed by atoms with Crippen LogP contribution in [0.4, 0.5) is 0 Å². The molecule has 1 unspecified atom stereocenters. The lowest BCUT2D eigenvalue weighted by Crippen LogP contribution is -2.32. The van der Waals surface area contributed by atoms with E-state index in [4.69, 9.17) is 9.84 Å². The first kappa shape index (κ1) is 12.0. The molecule has 1 fully saturated rings. The molecule has 14 heavy (non-hydrogen) atoms. The molecule has 0 amide bonds. The maximum atomic E-state index is 8.49. The van der Waals surface area contributed by atoms with Crippen LogP contribution in [0.5, 0.6) is 0 Å². The number of rotatable bonds is 8. The molecule has 0 radical (unpaired) electrons. The van der Waals surface area contributed by atoms with E-state index in [0.717, 1.165) is 12.5 Å². The van der Waals surface area contributed by atoms with Crippen molar-refractivity contribution in [2.24, 2.45) is 5.92 Å². The van der Waals surface area contributed by atoms with Crippen LogP contribution in [0.15, 0.2) is 0 Å². The molecule has 1 atom stereocenters. The minimum absolute atomic E-state index is 0.123. The second-order valence-electron chi connectivity index (χ2n) is 4.22. The predicted molar refractivity (Wildman–Crippen MR) is 57.3 cm³/mol. The summed E-state index contributed by atoms with van der Waals surface area (Å²) in [6, 6.07) is 0.609. The van der Waals surface area contributed by atoms with Crippen LogP contribution in [0.25, 0.3) is 0 Å². The molecule has 0 heterocycles. The lowest BCUT2D eigenvalue weighted by molar-refractivity contribution is 0.0920. The van der Waals surface area contributed by atoms with Gasteiger partial charge in [0, 0.05) is 12.6 Å². The second kappa shape index (κ2) is 7.21. The predicted octanol–water partition coefficient (Wildman–Crippen LogP) is 1.16. The van der Waals surface area contributed by atoms with Crippen LogP contribution < -0.4 is 5.32 Å². The van der Waals surface area contributed by atoms with Gasteiger partial charge < -0.3 is 15.2 Å². The van der Waals surface area contributed by atoms with Gasteiger partial charge >= 0.3 is 0 Å². The Morgan fingerprint density at radius 2 is 2.21 bits per heavy atom. The minimum atomic E-state index is 0.123. The van der Waals surface area contributed by atoms with Crippen LogP contribution in [0.1, 0.15) is 32.6 Å². The van der Waals surface area contributed by atoms with Gasteiger partial charge in [0.25, 0.3) is 0 Å². The van der Waals surface area contributed by atoms with E-state index in [1.807, 2.05) is 0 Å². The van der Waals surface area contributed by atoms with Gasteiger partial charge in [-0.25, -0.2) is 0 Å². The lowest BCUT2D eigenvalue weighted by Gasteiger charge is -2.28. The first-order chi connectivity index (χ1) is 6.83. The third-order valence-electron chi connectivity index (χ3n) is 2.89. The lowest BCUT2D eigenvalue weighted by atomic mass is 9.81. The first-order valence-electron chi connectivity index (χ1n) is 5.75. The van der Waals surface area contributed by atoms with Gasteiger partial charge in [0.15, 0.2) is 0 Å². The van der Waals surface area contributed by atoms with Crippen molar-refractivity contribution in [1.29, 1.82) is 0 Å². The molecule has 0 bridgehead atoms. The number of ether oxygens (including phenoxy) is 1. The molecule has 0 saturated heterocycles. The fourth-order valence-corrected chi connectivity index (χ4v) is 1.86. The van der Waals surface area contributed by atoms with Gasteiger partial charge in [-0.15, -0.1) is 0 Å². The van der Waals surface area contributed by atoms with E-state index in [1.54, 1.807) is 0 Å². The van der Waals surface area contributed by atoms with Gasteiger partial charge in [-0.1, -0.05) is 19.3 Å². The molecular formula is C11H23NO2. The van der Waals surface area contributed by atoms with E-state index in [-0.39, 0.29) is 6.61 Å². The Labute approximate surface area is 86.8 Å². The molecule has 84 valence electrons. The Morgan fingerprint density at radius 3 is 2.79 bits per heavy atom. The molecule has 2 N–H and O–H groups in total. The van der Waals surface area contributed by atoms with Crippen LogP contribution in [0.2, 0.25) is 0 Å². The Hall–Kier alpha value is -0.120. The van der Waals surface area contributed by atoms with Crippen LogP contribution in [-0.4, -0.2) is 37.5 Å². The molecule has 0 aromatic rings. The molecule has 0 aromatic carbocycles. The summed E-state index contributed by atoms with van der Waals surface area (Å²) in [6.07, 6.45) is 5.58. The van der Waals surface area contributed by atoms with E-state index in [9.17, 15) is 0 Å². The van der Waals surface area contributed by atoms with Gasteiger partial charge in [0.05, 0.1) is 19.8 Å². The summed E-state index contributed by atoms with van der Waals surface area (Å²) in [7, 11) is 0. The standard InChI is InChI=1S/C11H23NO2/c1-10(9-11-3-2-4-11)12-5-7-14-8-6-13/h10-13H,2-9H2,1H3. The van der Waals surface area contributed by atoms with Crippen molar-refractivity contribution in [3.05, 3.63) is 0 Å². The summed E-state index contributed by atoms with van der Waals surface area (Å²) in [5, 5.41) is 11.9. The van der Waals surface area contributed by atoms with Gasteiger partial charge in [0.2, 0.25) is 0 Å². The summed E-state index contributed by atoms with van der Waals surface area (Å²) >= 11 is 0. The number of nitrogens with one attached hydrogen (secondary N) is 1. The summed E-state index contributed by atoms with van der Waals surface area (Å²) in [5.74, 6) is 0.968. The van der Waals surface area contributed by atoms with Crippen LogP contribution >= 0.6 is 0 Å². The van der Waals surface area contributed by atoms with Gasteiger partial charge in [-0.2, -0.15) is 0 Å². The highest BCUT2D eigenvalue weighted by Gasteiger charge is 2.19. The maximum absolute atomic E-state index is 8.49. The molecule has 3 heteroatoms. The molecule has 0 aliphatic heterocycles. The van der Waals surface area contributed by atoms with Crippen molar-refractivity contribution in [2.75, 3.05) is 26.4 Å². The van der Waals surface area contributed by atoms with Crippen molar-refractivity contribution < 1.29 is 9.84 Å². The minimum Gasteiger partial charge on any atom is -0.394 e. The Morgan fingerprint density at radius 1 is 1.43 bits per heavy atom. The molecular weight excluding hydrogens is 178 g/mol. The molecule has 0 aromatic heterocycles. The number of hydrogen-bond acceptors (Lipinski definition) is 3. The van der Waals surface area contributed by atoms with Crippen molar-refractivity contribution in [2.45, 2.75) is 38.6 Å². The molecule has 0 spiro atoms. The van der Waals surface area contributed by atoms with Crippen molar-refractivity contribution in [3.63, 3.8) is 0 Å². The zero-order valence-electron chi connectivity index (χ0n) is 9.17. The summed E-state index contributed by atoms with van der Waals surface area (Å²) in [4.78, 5) is 0. The Balaban J connectivity index is 1.84. The van der Waals surface area contributed by atoms with Crippen molar-refractivity contribution in [1.82, 2.24) is 5.32 Å². The molecule has 1 saturated carbocycles. The molecule has 1 aliphatic carbocycles. The number of aliphatic hydroxyl groups is 1. The third kappa shape index (κ3) is 4.94. The van der Waals surface area contributed by atoms with Gasteiger partial charge in [-0.05, 0) is 19.3 Å². The van der Waals surface area contributed by atoms with Gasteiger partial charge in [0.1, 0.15) is 0 Å². The average molecular weight is 201 g/mol. The fourth-order valence-electron chi connectivity index (χ4n) is 1.86. The van der Waals surface area contributed by atoms with E-state index in [2.05, 4.69) is 12.2 Å². The molecule has 1 aliphatic rings. The topological polar surface area (TPSA) is 41.5 Å². The van der Waals surface area contributed by atoms with Crippen molar-refractivity contribution >= 4 is 0 Å². The quantitative estimate of drug-likeness (QED) is 0.579. The molecule has 1 rings (SSSR count). The smallest absolute Gasteiger partial charge is 0.0698 e. The summed E-state index contributed by atoms with van der Waals surface area (Å²) < 4.78 is 5.17. The van der Waals surface area contributed by atoms with E-state index < -0.39 is 0 Å². The highest BCUT2D eigenvalue weighted by atomic mass is 16.5. The normalized spacial score (nSPS) is 19.3. The Bertz CT molecular complexity index is 137. The van der Waals surface area contributed by atoms with Crippen LogP contribution in [-0.2, 0) is 4.74 Å². The zero-order valence-corrected chi connectivity index (χ0v) is 9.17. The zero-order chi connectivity index (χ0) is 10.2. The number of hydrogen-bond donors (Lipinski definition) is 2. The highest BCUT2D eigenvalue weighted by Crippen LogP contribution is 2.30.